The number of halogens is 2. The van der Waals surface area contributed by atoms with Crippen molar-refractivity contribution in [3.63, 3.8) is 0 Å². The minimum absolute atomic E-state index is 0.0450. The van der Waals surface area contributed by atoms with Crippen LogP contribution in [0.4, 0.5) is 11.4 Å². The maximum absolute atomic E-state index is 11.1. The zero-order valence-corrected chi connectivity index (χ0v) is 21.7. The van der Waals surface area contributed by atoms with Gasteiger partial charge in [0.25, 0.3) is 5.69 Å². The summed E-state index contributed by atoms with van der Waals surface area (Å²) in [5.41, 5.74) is 5.39. The third-order valence-electron chi connectivity index (χ3n) is 4.89. The fraction of sp³-hybridized carbons (Fsp3) is 0.0833. The first-order valence-corrected chi connectivity index (χ1v) is 12.4. The molecule has 0 saturated carbocycles. The molecule has 0 N–H and O–H groups in total. The quantitative estimate of drug-likeness (QED) is 0.138. The Hall–Kier alpha value is -2.88. The standard InChI is InChI=1S/C24H18Br2N4O2S/c1-15-3-8-19(9-4-15)27-24-29(28-16(2)21-12-7-18(25)13-22(21)26)23(14-33-24)17-5-10-20(11-6-17)30(31)32/h3-14H,1-2H3. The fourth-order valence-electron chi connectivity index (χ4n) is 3.14. The number of aryl methyl sites for hydroxylation is 1. The van der Waals surface area contributed by atoms with Crippen LogP contribution in [-0.2, 0) is 0 Å². The van der Waals surface area contributed by atoms with Crippen LogP contribution in [0.3, 0.4) is 0 Å². The summed E-state index contributed by atoms with van der Waals surface area (Å²) in [4.78, 5) is 16.2. The normalized spacial score (nSPS) is 12.2. The molecule has 0 amide bonds. The predicted molar refractivity (Wildman–Crippen MR) is 140 cm³/mol. The van der Waals surface area contributed by atoms with E-state index in [4.69, 9.17) is 10.1 Å². The van der Waals surface area contributed by atoms with Crippen LogP contribution in [0.25, 0.3) is 11.3 Å². The number of nitrogens with zero attached hydrogens (tertiary/aromatic N) is 4. The summed E-state index contributed by atoms with van der Waals surface area (Å²) in [6.45, 7) is 3.97. The lowest BCUT2D eigenvalue weighted by molar-refractivity contribution is -0.384. The van der Waals surface area contributed by atoms with Gasteiger partial charge in [-0.3, -0.25) is 10.1 Å². The third kappa shape index (κ3) is 5.38. The van der Waals surface area contributed by atoms with Gasteiger partial charge in [-0.2, -0.15) is 5.10 Å². The van der Waals surface area contributed by atoms with Gasteiger partial charge in [-0.1, -0.05) is 55.6 Å². The lowest BCUT2D eigenvalue weighted by Crippen LogP contribution is -2.14. The van der Waals surface area contributed by atoms with E-state index < -0.39 is 4.92 Å². The van der Waals surface area contributed by atoms with Gasteiger partial charge < -0.3 is 0 Å². The first-order valence-electron chi connectivity index (χ1n) is 9.89. The summed E-state index contributed by atoms with van der Waals surface area (Å²) in [5.74, 6) is 0. The monoisotopic (exact) mass is 584 g/mol. The van der Waals surface area contributed by atoms with E-state index in [1.54, 1.807) is 16.8 Å². The Labute approximate surface area is 211 Å². The summed E-state index contributed by atoms with van der Waals surface area (Å²) in [6, 6.07) is 20.3. The Bertz CT molecular complexity index is 1420. The van der Waals surface area contributed by atoms with Crippen molar-refractivity contribution in [1.82, 2.24) is 4.68 Å². The third-order valence-corrected chi connectivity index (χ3v) is 6.85. The van der Waals surface area contributed by atoms with E-state index in [9.17, 15) is 10.1 Å². The zero-order valence-electron chi connectivity index (χ0n) is 17.7. The van der Waals surface area contributed by atoms with Gasteiger partial charge in [0.2, 0.25) is 4.80 Å². The van der Waals surface area contributed by atoms with Gasteiger partial charge in [0.15, 0.2) is 0 Å². The number of aromatic nitrogens is 1. The van der Waals surface area contributed by atoms with Crippen LogP contribution in [-0.4, -0.2) is 15.3 Å². The maximum Gasteiger partial charge on any atom is 0.269 e. The van der Waals surface area contributed by atoms with Gasteiger partial charge >= 0.3 is 0 Å². The molecule has 0 aliphatic rings. The molecular formula is C24H18Br2N4O2S. The number of thiazole rings is 1. The molecule has 0 fully saturated rings. The van der Waals surface area contributed by atoms with Crippen molar-refractivity contribution in [2.75, 3.05) is 0 Å². The van der Waals surface area contributed by atoms with Crippen LogP contribution >= 0.6 is 43.2 Å². The molecule has 0 unspecified atom stereocenters. The number of non-ortho nitro benzene ring substituents is 1. The number of benzene rings is 3. The predicted octanol–water partition coefficient (Wildman–Crippen LogP) is 7.46. The van der Waals surface area contributed by atoms with Crippen LogP contribution in [0.15, 0.2) is 91.1 Å². The average molecular weight is 586 g/mol. The summed E-state index contributed by atoms with van der Waals surface area (Å²) in [5, 5.41) is 17.9. The van der Waals surface area contributed by atoms with E-state index in [2.05, 4.69) is 31.9 Å². The molecule has 0 spiro atoms. The van der Waals surface area contributed by atoms with Crippen LogP contribution in [0.2, 0.25) is 0 Å². The van der Waals surface area contributed by atoms with Crippen molar-refractivity contribution in [3.05, 3.63) is 107 Å². The van der Waals surface area contributed by atoms with Crippen molar-refractivity contribution < 1.29 is 4.92 Å². The van der Waals surface area contributed by atoms with E-state index in [0.29, 0.717) is 4.80 Å². The Morgan fingerprint density at radius 2 is 1.73 bits per heavy atom. The molecular weight excluding hydrogens is 568 g/mol. The summed E-state index contributed by atoms with van der Waals surface area (Å²) in [6.07, 6.45) is 0. The molecule has 0 atom stereocenters. The van der Waals surface area contributed by atoms with E-state index in [0.717, 1.165) is 42.7 Å². The van der Waals surface area contributed by atoms with Gasteiger partial charge in [-0.05, 0) is 50.2 Å². The number of nitro groups is 1. The smallest absolute Gasteiger partial charge is 0.258 e. The summed E-state index contributed by atoms with van der Waals surface area (Å²) >= 11 is 8.55. The Kier molecular flexibility index (Phi) is 7.02. The topological polar surface area (TPSA) is 72.8 Å². The lowest BCUT2D eigenvalue weighted by atomic mass is 10.1. The second-order valence-electron chi connectivity index (χ2n) is 7.28. The molecule has 0 bridgehead atoms. The molecule has 1 aromatic heterocycles. The second-order valence-corrected chi connectivity index (χ2v) is 9.88. The molecule has 6 nitrogen and oxygen atoms in total. The minimum atomic E-state index is -0.406. The number of nitro benzene ring substituents is 1. The first-order chi connectivity index (χ1) is 15.8. The SMILES string of the molecule is CC(=Nn1c(-c2ccc([N+](=O)[O-])cc2)csc1=Nc1ccc(C)cc1)c1ccc(Br)cc1Br. The molecule has 4 rings (SSSR count). The highest BCUT2D eigenvalue weighted by Crippen LogP contribution is 2.26. The van der Waals surface area contributed by atoms with Crippen LogP contribution < -0.4 is 4.80 Å². The Morgan fingerprint density at radius 3 is 2.36 bits per heavy atom. The van der Waals surface area contributed by atoms with Gasteiger partial charge in [-0.15, -0.1) is 11.3 Å². The minimum Gasteiger partial charge on any atom is -0.258 e. The summed E-state index contributed by atoms with van der Waals surface area (Å²) < 4.78 is 3.67. The van der Waals surface area contributed by atoms with Crippen molar-refractivity contribution >= 4 is 60.3 Å². The largest absolute Gasteiger partial charge is 0.269 e. The number of hydrogen-bond donors (Lipinski definition) is 0. The van der Waals surface area contributed by atoms with Gasteiger partial charge in [0.05, 0.1) is 22.0 Å². The molecule has 33 heavy (non-hydrogen) atoms. The number of hydrogen-bond acceptors (Lipinski definition) is 5. The molecule has 0 radical (unpaired) electrons. The summed E-state index contributed by atoms with van der Waals surface area (Å²) in [7, 11) is 0. The molecule has 0 aliphatic carbocycles. The van der Waals surface area contributed by atoms with Crippen molar-refractivity contribution in [2.24, 2.45) is 10.1 Å². The van der Waals surface area contributed by atoms with E-state index in [1.165, 1.54) is 23.5 Å². The number of rotatable bonds is 5. The molecule has 4 aromatic rings. The first kappa shape index (κ1) is 23.3. The van der Waals surface area contributed by atoms with Crippen LogP contribution in [0, 0.1) is 17.0 Å². The van der Waals surface area contributed by atoms with E-state index >= 15 is 0 Å². The zero-order chi connectivity index (χ0) is 23.5. The van der Waals surface area contributed by atoms with Crippen LogP contribution in [0.5, 0.6) is 0 Å². The molecule has 0 saturated heterocycles. The molecule has 0 aliphatic heterocycles. The van der Waals surface area contributed by atoms with Gasteiger partial charge in [0, 0.05) is 37.6 Å². The van der Waals surface area contributed by atoms with Crippen LogP contribution in [0.1, 0.15) is 18.1 Å². The highest BCUT2D eigenvalue weighted by atomic mass is 79.9. The lowest BCUT2D eigenvalue weighted by Gasteiger charge is -2.08. The second kappa shape index (κ2) is 9.94. The highest BCUT2D eigenvalue weighted by molar-refractivity contribution is 9.11. The van der Waals surface area contributed by atoms with Crippen molar-refractivity contribution in [3.8, 4) is 11.3 Å². The average Bonchev–Trinajstić information content (AvgIpc) is 3.17. The van der Waals surface area contributed by atoms with E-state index in [1.807, 2.05) is 61.7 Å². The maximum atomic E-state index is 11.1. The van der Waals surface area contributed by atoms with Gasteiger partial charge in [0.1, 0.15) is 0 Å². The highest BCUT2D eigenvalue weighted by Gasteiger charge is 2.12. The van der Waals surface area contributed by atoms with Gasteiger partial charge in [-0.25, -0.2) is 9.67 Å². The van der Waals surface area contributed by atoms with E-state index in [-0.39, 0.29) is 5.69 Å². The Balaban J connectivity index is 1.88. The molecule has 3 aromatic carbocycles. The molecule has 9 heteroatoms. The van der Waals surface area contributed by atoms with Crippen molar-refractivity contribution in [2.45, 2.75) is 13.8 Å². The fourth-order valence-corrected chi connectivity index (χ4v) is 5.33. The molecule has 1 heterocycles. The van der Waals surface area contributed by atoms with Crippen molar-refractivity contribution in [1.29, 1.82) is 0 Å². The Morgan fingerprint density at radius 1 is 1.03 bits per heavy atom. The molecule has 166 valence electrons.